The third kappa shape index (κ3) is 16.9. The number of amides is 1. The lowest BCUT2D eigenvalue weighted by atomic mass is 10.0. The quantitative estimate of drug-likeness (QED) is 0.232. The largest absolute Gasteiger partial charge is 0.353 e. The minimum Gasteiger partial charge on any atom is -0.353 e. The van der Waals surface area contributed by atoms with Crippen molar-refractivity contribution in [1.29, 1.82) is 0 Å². The highest BCUT2D eigenvalue weighted by Gasteiger charge is 2.13. The zero-order chi connectivity index (χ0) is 19.5. The van der Waals surface area contributed by atoms with Gasteiger partial charge in [-0.15, -0.1) is 0 Å². The Bertz CT molecular complexity index is 301. The van der Waals surface area contributed by atoms with E-state index in [2.05, 4.69) is 33.0 Å². The number of rotatable bonds is 19. The second-order valence-electron chi connectivity index (χ2n) is 8.53. The van der Waals surface area contributed by atoms with Gasteiger partial charge in [-0.1, -0.05) is 118 Å². The van der Waals surface area contributed by atoms with Crippen LogP contribution in [-0.4, -0.2) is 11.9 Å². The van der Waals surface area contributed by atoms with Crippen molar-refractivity contribution in [3.05, 3.63) is 0 Å². The molecule has 0 aromatic rings. The summed E-state index contributed by atoms with van der Waals surface area (Å²) in [5.41, 5.74) is 0. The molecule has 0 radical (unpaired) electrons. The molecule has 0 bridgehead atoms. The monoisotopic (exact) mass is 367 g/mol. The standard InChI is InChI=1S/C24H49NO/c1-5-7-8-9-10-11-12-13-14-15-16-17-18-19-20-21-24(26)25-23(6-2)22(3)4/h22-23H,5-21H2,1-4H3,(H,25,26)/t23-/m1/s1. The number of unbranched alkanes of at least 4 members (excludes halogenated alkanes) is 14. The molecule has 0 aromatic carbocycles. The lowest BCUT2D eigenvalue weighted by Gasteiger charge is -2.20. The van der Waals surface area contributed by atoms with E-state index in [0.717, 1.165) is 12.8 Å². The highest BCUT2D eigenvalue weighted by Crippen LogP contribution is 2.14. The smallest absolute Gasteiger partial charge is 0.220 e. The molecule has 0 fully saturated rings. The van der Waals surface area contributed by atoms with Crippen LogP contribution in [0.2, 0.25) is 0 Å². The summed E-state index contributed by atoms with van der Waals surface area (Å²) < 4.78 is 0. The van der Waals surface area contributed by atoms with Crippen LogP contribution < -0.4 is 5.32 Å². The molecule has 0 aromatic heterocycles. The van der Waals surface area contributed by atoms with E-state index in [4.69, 9.17) is 0 Å². The van der Waals surface area contributed by atoms with Gasteiger partial charge in [-0.2, -0.15) is 0 Å². The number of nitrogens with one attached hydrogen (secondary N) is 1. The Morgan fingerprint density at radius 2 is 1.04 bits per heavy atom. The summed E-state index contributed by atoms with van der Waals surface area (Å²) in [5, 5.41) is 3.18. The van der Waals surface area contributed by atoms with E-state index in [1.807, 2.05) is 0 Å². The summed E-state index contributed by atoms with van der Waals surface area (Å²) >= 11 is 0. The zero-order valence-electron chi connectivity index (χ0n) is 18.6. The molecule has 0 rings (SSSR count). The molecule has 1 amide bonds. The van der Waals surface area contributed by atoms with Crippen molar-refractivity contribution in [3.63, 3.8) is 0 Å². The van der Waals surface area contributed by atoms with Crippen molar-refractivity contribution in [2.24, 2.45) is 5.92 Å². The van der Waals surface area contributed by atoms with Crippen LogP contribution in [0.1, 0.15) is 137 Å². The molecule has 2 heteroatoms. The van der Waals surface area contributed by atoms with Gasteiger partial charge >= 0.3 is 0 Å². The number of hydrogen-bond donors (Lipinski definition) is 1. The van der Waals surface area contributed by atoms with Gasteiger partial charge in [0.15, 0.2) is 0 Å². The topological polar surface area (TPSA) is 29.1 Å². The first-order chi connectivity index (χ1) is 12.6. The molecule has 0 saturated carbocycles. The Morgan fingerprint density at radius 1 is 0.654 bits per heavy atom. The Balaban J connectivity index is 3.25. The number of carbonyl (C=O) groups excluding carboxylic acids is 1. The molecule has 0 aliphatic rings. The van der Waals surface area contributed by atoms with E-state index in [-0.39, 0.29) is 5.91 Å². The van der Waals surface area contributed by atoms with Gasteiger partial charge in [0.2, 0.25) is 5.91 Å². The summed E-state index contributed by atoms with van der Waals surface area (Å²) in [6.07, 6.45) is 22.3. The predicted molar refractivity (Wildman–Crippen MR) is 117 cm³/mol. The molecule has 0 aliphatic carbocycles. The van der Waals surface area contributed by atoms with Gasteiger partial charge in [0.25, 0.3) is 0 Å². The van der Waals surface area contributed by atoms with Crippen LogP contribution in [0, 0.1) is 5.92 Å². The second-order valence-corrected chi connectivity index (χ2v) is 8.53. The molecular weight excluding hydrogens is 318 g/mol. The van der Waals surface area contributed by atoms with Crippen LogP contribution in [0.3, 0.4) is 0 Å². The van der Waals surface area contributed by atoms with Crippen LogP contribution in [0.25, 0.3) is 0 Å². The summed E-state index contributed by atoms with van der Waals surface area (Å²) in [6, 6.07) is 0.346. The maximum Gasteiger partial charge on any atom is 0.220 e. The summed E-state index contributed by atoms with van der Waals surface area (Å²) in [5.74, 6) is 0.783. The van der Waals surface area contributed by atoms with Crippen LogP contribution in [0.15, 0.2) is 0 Å². The second kappa shape index (κ2) is 19.2. The van der Waals surface area contributed by atoms with Crippen molar-refractivity contribution in [2.75, 3.05) is 0 Å². The fraction of sp³-hybridized carbons (Fsp3) is 0.958. The van der Waals surface area contributed by atoms with Crippen molar-refractivity contribution in [1.82, 2.24) is 5.32 Å². The van der Waals surface area contributed by atoms with Crippen LogP contribution in [0.5, 0.6) is 0 Å². The van der Waals surface area contributed by atoms with Crippen LogP contribution >= 0.6 is 0 Å². The molecule has 0 spiro atoms. The van der Waals surface area contributed by atoms with E-state index in [9.17, 15) is 4.79 Å². The van der Waals surface area contributed by atoms with E-state index in [1.165, 1.54) is 89.9 Å². The minimum atomic E-state index is 0.250. The van der Waals surface area contributed by atoms with Gasteiger partial charge in [-0.05, 0) is 18.8 Å². The highest BCUT2D eigenvalue weighted by molar-refractivity contribution is 5.76. The first kappa shape index (κ1) is 25.5. The summed E-state index contributed by atoms with van der Waals surface area (Å²) in [4.78, 5) is 11.9. The molecule has 2 nitrogen and oxygen atoms in total. The van der Waals surface area contributed by atoms with Crippen molar-refractivity contribution in [3.8, 4) is 0 Å². The zero-order valence-corrected chi connectivity index (χ0v) is 18.6. The Kier molecular flexibility index (Phi) is 18.8. The molecule has 0 saturated heterocycles. The van der Waals surface area contributed by atoms with E-state index < -0.39 is 0 Å². The van der Waals surface area contributed by atoms with Gasteiger partial charge in [-0.3, -0.25) is 4.79 Å². The van der Waals surface area contributed by atoms with Gasteiger partial charge in [0.05, 0.1) is 0 Å². The van der Waals surface area contributed by atoms with Crippen LogP contribution in [-0.2, 0) is 4.79 Å². The average molecular weight is 368 g/mol. The lowest BCUT2D eigenvalue weighted by molar-refractivity contribution is -0.122. The van der Waals surface area contributed by atoms with Gasteiger partial charge in [-0.25, -0.2) is 0 Å². The Hall–Kier alpha value is -0.530. The molecule has 26 heavy (non-hydrogen) atoms. The van der Waals surface area contributed by atoms with E-state index in [0.29, 0.717) is 18.4 Å². The first-order valence-electron chi connectivity index (χ1n) is 11.9. The molecule has 0 aliphatic heterocycles. The van der Waals surface area contributed by atoms with Gasteiger partial charge in [0.1, 0.15) is 0 Å². The Labute approximate surface area is 165 Å². The molecule has 1 atom stereocenters. The third-order valence-electron chi connectivity index (χ3n) is 5.60. The maximum absolute atomic E-state index is 11.9. The summed E-state index contributed by atoms with van der Waals surface area (Å²) in [6.45, 7) is 8.80. The van der Waals surface area contributed by atoms with Crippen LogP contribution in [0.4, 0.5) is 0 Å². The highest BCUT2D eigenvalue weighted by atomic mass is 16.1. The molecule has 1 N–H and O–H groups in total. The molecule has 156 valence electrons. The van der Waals surface area contributed by atoms with Gasteiger partial charge in [0, 0.05) is 12.5 Å². The van der Waals surface area contributed by atoms with Crippen molar-refractivity contribution in [2.45, 2.75) is 143 Å². The van der Waals surface area contributed by atoms with Crippen molar-refractivity contribution < 1.29 is 4.79 Å². The van der Waals surface area contributed by atoms with Gasteiger partial charge < -0.3 is 5.32 Å². The SMILES string of the molecule is CCCCCCCCCCCCCCCCCC(=O)N[C@H](CC)C(C)C. The van der Waals surface area contributed by atoms with Crippen molar-refractivity contribution >= 4 is 5.91 Å². The predicted octanol–water partition coefficient (Wildman–Crippen LogP) is 7.80. The minimum absolute atomic E-state index is 0.250. The average Bonchev–Trinajstić information content (AvgIpc) is 2.62. The first-order valence-corrected chi connectivity index (χ1v) is 11.9. The number of hydrogen-bond acceptors (Lipinski definition) is 1. The Morgan fingerprint density at radius 3 is 1.38 bits per heavy atom. The fourth-order valence-electron chi connectivity index (χ4n) is 3.68. The molecular formula is C24H49NO. The normalized spacial score (nSPS) is 12.5. The maximum atomic E-state index is 11.9. The molecule has 0 heterocycles. The third-order valence-corrected chi connectivity index (χ3v) is 5.60. The number of carbonyl (C=O) groups is 1. The summed E-state index contributed by atoms with van der Waals surface area (Å²) in [7, 11) is 0. The molecule has 0 unspecified atom stereocenters. The lowest BCUT2D eigenvalue weighted by Crippen LogP contribution is -2.37. The van der Waals surface area contributed by atoms with E-state index >= 15 is 0 Å². The fourth-order valence-corrected chi connectivity index (χ4v) is 3.68. The van der Waals surface area contributed by atoms with E-state index in [1.54, 1.807) is 0 Å².